The molecule has 0 aliphatic rings. The molecule has 3 N–H and O–H groups in total. The smallest absolute Gasteiger partial charge is 0.227 e. The molecule has 2 aromatic rings. The van der Waals surface area contributed by atoms with Crippen molar-refractivity contribution in [2.75, 3.05) is 26.2 Å². The zero-order valence-electron chi connectivity index (χ0n) is 17.8. The van der Waals surface area contributed by atoms with Gasteiger partial charge in [0.1, 0.15) is 5.82 Å². The summed E-state index contributed by atoms with van der Waals surface area (Å²) in [6, 6.07) is 8.22. The second-order valence-corrected chi connectivity index (χ2v) is 7.52. The summed E-state index contributed by atoms with van der Waals surface area (Å²) in [5, 5.41) is 9.49. The zero-order valence-corrected chi connectivity index (χ0v) is 17.8. The van der Waals surface area contributed by atoms with E-state index < -0.39 is 5.41 Å². The Hall–Kier alpha value is -2.57. The van der Waals surface area contributed by atoms with Gasteiger partial charge in [-0.1, -0.05) is 12.1 Å². The molecule has 0 spiro atoms. The van der Waals surface area contributed by atoms with E-state index in [1.54, 1.807) is 0 Å². The fourth-order valence-electron chi connectivity index (χ4n) is 3.01. The molecular weight excluding hydrogens is 352 g/mol. The molecular formula is C21H34N6O. The van der Waals surface area contributed by atoms with Crippen LogP contribution in [-0.2, 0) is 11.3 Å². The third kappa shape index (κ3) is 5.71. The summed E-state index contributed by atoms with van der Waals surface area (Å²) in [7, 11) is 0. The number of imidazole rings is 1. The Kier molecular flexibility index (Phi) is 7.84. The molecule has 1 heterocycles. The number of guanidine groups is 1. The van der Waals surface area contributed by atoms with Crippen molar-refractivity contribution in [3.8, 4) is 0 Å². The highest BCUT2D eigenvalue weighted by molar-refractivity contribution is 5.83. The lowest BCUT2D eigenvalue weighted by Crippen LogP contribution is -2.42. The first-order valence-electron chi connectivity index (χ1n) is 10.1. The highest BCUT2D eigenvalue weighted by atomic mass is 16.2. The maximum Gasteiger partial charge on any atom is 0.227 e. The highest BCUT2D eigenvalue weighted by Gasteiger charge is 2.26. The van der Waals surface area contributed by atoms with Gasteiger partial charge < -0.3 is 20.5 Å². The lowest BCUT2D eigenvalue weighted by molar-refractivity contribution is -0.128. The van der Waals surface area contributed by atoms with Gasteiger partial charge in [0.2, 0.25) is 5.91 Å². The molecule has 7 nitrogen and oxygen atoms in total. The van der Waals surface area contributed by atoms with E-state index in [4.69, 9.17) is 0 Å². The molecule has 0 fully saturated rings. The van der Waals surface area contributed by atoms with Crippen LogP contribution in [0.25, 0.3) is 11.0 Å². The predicted octanol–water partition coefficient (Wildman–Crippen LogP) is 2.45. The number of rotatable bonds is 9. The van der Waals surface area contributed by atoms with E-state index in [-0.39, 0.29) is 5.91 Å². The van der Waals surface area contributed by atoms with E-state index in [1.807, 2.05) is 52.8 Å². The SMILES string of the molecule is CCNC(=O)C(C)(C)CN=C(NCC)NCCCn1c(C)nc2ccccc21. The van der Waals surface area contributed by atoms with Crippen molar-refractivity contribution < 1.29 is 4.79 Å². The first-order chi connectivity index (χ1) is 13.4. The van der Waals surface area contributed by atoms with Gasteiger partial charge in [-0.25, -0.2) is 4.98 Å². The summed E-state index contributed by atoms with van der Waals surface area (Å²) in [4.78, 5) is 21.4. The second kappa shape index (κ2) is 10.1. The fraction of sp³-hybridized carbons (Fsp3) is 0.571. The minimum absolute atomic E-state index is 0.0251. The number of aryl methyl sites for hydroxylation is 2. The molecule has 0 aliphatic heterocycles. The van der Waals surface area contributed by atoms with Crippen molar-refractivity contribution in [2.24, 2.45) is 10.4 Å². The van der Waals surface area contributed by atoms with E-state index in [0.29, 0.717) is 13.1 Å². The van der Waals surface area contributed by atoms with Crippen molar-refractivity contribution in [2.45, 2.75) is 47.6 Å². The standard InChI is InChI=1S/C21H34N6O/c1-6-22-19(28)21(4,5)15-25-20(23-7-2)24-13-10-14-27-16(3)26-17-11-8-9-12-18(17)27/h8-9,11-12H,6-7,10,13-15H2,1-5H3,(H,22,28)(H2,23,24,25). The zero-order chi connectivity index (χ0) is 20.6. The topological polar surface area (TPSA) is 83.3 Å². The Labute approximate surface area is 168 Å². The molecule has 0 saturated heterocycles. The van der Waals surface area contributed by atoms with Gasteiger partial charge in [0.05, 0.1) is 23.0 Å². The molecule has 0 aliphatic carbocycles. The van der Waals surface area contributed by atoms with Gasteiger partial charge in [0.15, 0.2) is 5.96 Å². The van der Waals surface area contributed by atoms with Crippen LogP contribution in [-0.4, -0.2) is 47.6 Å². The predicted molar refractivity (Wildman–Crippen MR) is 116 cm³/mol. The number of amides is 1. The van der Waals surface area contributed by atoms with Crippen molar-refractivity contribution in [3.05, 3.63) is 30.1 Å². The number of benzene rings is 1. The van der Waals surface area contributed by atoms with Crippen molar-refractivity contribution >= 4 is 22.9 Å². The lowest BCUT2D eigenvalue weighted by atomic mass is 9.92. The summed E-state index contributed by atoms with van der Waals surface area (Å²) in [5.41, 5.74) is 1.67. The molecule has 154 valence electrons. The van der Waals surface area contributed by atoms with Gasteiger partial charge in [-0.2, -0.15) is 0 Å². The van der Waals surface area contributed by atoms with Crippen LogP contribution < -0.4 is 16.0 Å². The average molecular weight is 387 g/mol. The first-order valence-corrected chi connectivity index (χ1v) is 10.1. The van der Waals surface area contributed by atoms with Gasteiger partial charge in [0.25, 0.3) is 0 Å². The van der Waals surface area contributed by atoms with Crippen LogP contribution in [0.2, 0.25) is 0 Å². The quantitative estimate of drug-likeness (QED) is 0.351. The van der Waals surface area contributed by atoms with Crippen molar-refractivity contribution in [3.63, 3.8) is 0 Å². The van der Waals surface area contributed by atoms with Crippen LogP contribution in [0.1, 0.15) is 39.9 Å². The third-order valence-electron chi connectivity index (χ3n) is 4.63. The fourth-order valence-corrected chi connectivity index (χ4v) is 3.01. The number of carbonyl (C=O) groups excluding carboxylic acids is 1. The van der Waals surface area contributed by atoms with Crippen LogP contribution in [0, 0.1) is 12.3 Å². The first kappa shape index (κ1) is 21.7. The molecule has 1 aromatic heterocycles. The Morgan fingerprint density at radius 3 is 2.57 bits per heavy atom. The van der Waals surface area contributed by atoms with Crippen LogP contribution in [0.3, 0.4) is 0 Å². The monoisotopic (exact) mass is 386 g/mol. The van der Waals surface area contributed by atoms with Crippen LogP contribution in [0.5, 0.6) is 0 Å². The minimum Gasteiger partial charge on any atom is -0.357 e. The molecule has 1 amide bonds. The van der Waals surface area contributed by atoms with Crippen LogP contribution in [0.4, 0.5) is 0 Å². The van der Waals surface area contributed by atoms with E-state index in [1.165, 1.54) is 5.52 Å². The number of aliphatic imine (C=N–C) groups is 1. The summed E-state index contributed by atoms with van der Waals surface area (Å²) >= 11 is 0. The van der Waals surface area contributed by atoms with Gasteiger partial charge in [-0.3, -0.25) is 9.79 Å². The Morgan fingerprint density at radius 1 is 1.14 bits per heavy atom. The van der Waals surface area contributed by atoms with Gasteiger partial charge in [0, 0.05) is 26.2 Å². The molecule has 0 saturated carbocycles. The number of carbonyl (C=O) groups is 1. The summed E-state index contributed by atoms with van der Waals surface area (Å²) < 4.78 is 2.25. The summed E-state index contributed by atoms with van der Waals surface area (Å²) in [5.74, 6) is 1.80. The van der Waals surface area contributed by atoms with Gasteiger partial charge in [-0.05, 0) is 53.2 Å². The molecule has 28 heavy (non-hydrogen) atoms. The van der Waals surface area contributed by atoms with Gasteiger partial charge in [-0.15, -0.1) is 0 Å². The number of para-hydroxylation sites is 2. The molecule has 0 radical (unpaired) electrons. The Morgan fingerprint density at radius 2 is 1.86 bits per heavy atom. The van der Waals surface area contributed by atoms with Crippen molar-refractivity contribution in [1.29, 1.82) is 0 Å². The number of aromatic nitrogens is 2. The number of nitrogens with zero attached hydrogens (tertiary/aromatic N) is 3. The minimum atomic E-state index is -0.537. The highest BCUT2D eigenvalue weighted by Crippen LogP contribution is 2.16. The van der Waals surface area contributed by atoms with Crippen molar-refractivity contribution in [1.82, 2.24) is 25.5 Å². The number of fused-ring (bicyclic) bond motifs is 1. The van der Waals surface area contributed by atoms with Gasteiger partial charge >= 0.3 is 0 Å². The van der Waals surface area contributed by atoms with E-state index in [0.717, 1.165) is 43.4 Å². The third-order valence-corrected chi connectivity index (χ3v) is 4.63. The Bertz CT molecular complexity index is 808. The van der Waals surface area contributed by atoms with Crippen LogP contribution >= 0.6 is 0 Å². The van der Waals surface area contributed by atoms with Crippen LogP contribution in [0.15, 0.2) is 29.3 Å². The maximum absolute atomic E-state index is 12.1. The number of nitrogens with one attached hydrogen (secondary N) is 3. The Balaban J connectivity index is 1.90. The summed E-state index contributed by atoms with van der Waals surface area (Å²) in [6.45, 7) is 13.4. The second-order valence-electron chi connectivity index (χ2n) is 7.52. The number of hydrogen-bond acceptors (Lipinski definition) is 3. The van der Waals surface area contributed by atoms with E-state index in [2.05, 4.69) is 36.6 Å². The molecule has 7 heteroatoms. The average Bonchev–Trinajstić information content (AvgIpc) is 2.98. The molecule has 0 bridgehead atoms. The normalized spacial score (nSPS) is 12.2. The molecule has 1 aromatic carbocycles. The maximum atomic E-state index is 12.1. The lowest BCUT2D eigenvalue weighted by Gasteiger charge is -2.22. The molecule has 2 rings (SSSR count). The van der Waals surface area contributed by atoms with E-state index in [9.17, 15) is 4.79 Å². The molecule has 0 atom stereocenters. The number of hydrogen-bond donors (Lipinski definition) is 3. The summed E-state index contributed by atoms with van der Waals surface area (Å²) in [6.07, 6.45) is 0.950. The molecule has 0 unspecified atom stereocenters. The van der Waals surface area contributed by atoms with E-state index >= 15 is 0 Å². The largest absolute Gasteiger partial charge is 0.357 e.